The highest BCUT2D eigenvalue weighted by Crippen LogP contribution is 2.30. The van der Waals surface area contributed by atoms with E-state index in [1.165, 1.54) is 11.3 Å². The summed E-state index contributed by atoms with van der Waals surface area (Å²) in [6.07, 6.45) is 1.71. The van der Waals surface area contributed by atoms with E-state index >= 15 is 0 Å². The Bertz CT molecular complexity index is 590. The fraction of sp³-hybridized carbons (Fsp3) is 0.308. The molecule has 0 aliphatic heterocycles. The van der Waals surface area contributed by atoms with Gasteiger partial charge in [-0.05, 0) is 32.4 Å². The summed E-state index contributed by atoms with van der Waals surface area (Å²) in [5.41, 5.74) is 1.44. The highest BCUT2D eigenvalue weighted by molar-refractivity contribution is 7.13. The van der Waals surface area contributed by atoms with Gasteiger partial charge in [0, 0.05) is 11.6 Å². The molecule has 2 rings (SSSR count). The largest absolute Gasteiger partial charge is 0.481 e. The highest BCUT2D eigenvalue weighted by atomic mass is 32.1. The van der Waals surface area contributed by atoms with Gasteiger partial charge in [-0.15, -0.1) is 11.3 Å². The molecule has 2 heterocycles. The van der Waals surface area contributed by atoms with Gasteiger partial charge in [-0.2, -0.15) is 0 Å². The quantitative estimate of drug-likeness (QED) is 0.923. The second-order valence-corrected chi connectivity index (χ2v) is 5.50. The number of aliphatic carboxylic acids is 1. The predicted molar refractivity (Wildman–Crippen MR) is 70.7 cm³/mol. The van der Waals surface area contributed by atoms with Gasteiger partial charge in [0.25, 0.3) is 0 Å². The summed E-state index contributed by atoms with van der Waals surface area (Å²) in [5.74, 6) is -0.878. The van der Waals surface area contributed by atoms with Crippen LogP contribution in [-0.4, -0.2) is 21.0 Å². The summed E-state index contributed by atoms with van der Waals surface area (Å²) < 4.78 is 0. The van der Waals surface area contributed by atoms with Crippen molar-refractivity contribution in [2.24, 2.45) is 0 Å². The number of aryl methyl sites for hydroxylation is 1. The van der Waals surface area contributed by atoms with Crippen LogP contribution in [-0.2, 0) is 10.2 Å². The number of thiazole rings is 1. The second kappa shape index (κ2) is 4.49. The Morgan fingerprint density at radius 3 is 2.78 bits per heavy atom. The van der Waals surface area contributed by atoms with Gasteiger partial charge in [0.1, 0.15) is 16.1 Å². The van der Waals surface area contributed by atoms with E-state index in [2.05, 4.69) is 9.97 Å². The van der Waals surface area contributed by atoms with Gasteiger partial charge < -0.3 is 5.11 Å². The predicted octanol–water partition coefficient (Wildman–Crippen LogP) is 2.88. The van der Waals surface area contributed by atoms with Crippen molar-refractivity contribution in [3.8, 4) is 10.7 Å². The molecule has 0 saturated carbocycles. The number of rotatable bonds is 3. The molecule has 0 saturated heterocycles. The van der Waals surface area contributed by atoms with E-state index in [4.69, 9.17) is 0 Å². The first-order chi connectivity index (χ1) is 8.43. The smallest absolute Gasteiger partial charge is 0.315 e. The van der Waals surface area contributed by atoms with Gasteiger partial charge in [0.15, 0.2) is 0 Å². The molecular formula is C13H14N2O2S. The minimum atomic E-state index is -0.975. The number of nitrogens with zero attached hydrogens (tertiary/aromatic N) is 2. The van der Waals surface area contributed by atoms with E-state index in [1.54, 1.807) is 25.4 Å². The summed E-state index contributed by atoms with van der Waals surface area (Å²) in [5, 5.41) is 11.7. The van der Waals surface area contributed by atoms with Crippen LogP contribution in [0.3, 0.4) is 0 Å². The molecule has 0 spiro atoms. The van der Waals surface area contributed by atoms with Crippen LogP contribution < -0.4 is 0 Å². The molecule has 0 atom stereocenters. The maximum atomic E-state index is 11.2. The van der Waals surface area contributed by atoms with Gasteiger partial charge in [0.2, 0.25) is 0 Å². The lowest BCUT2D eigenvalue weighted by molar-refractivity contribution is -0.142. The van der Waals surface area contributed by atoms with Crippen molar-refractivity contribution in [1.29, 1.82) is 0 Å². The molecule has 0 aromatic carbocycles. The summed E-state index contributed by atoms with van der Waals surface area (Å²) >= 11 is 1.42. The van der Waals surface area contributed by atoms with E-state index in [1.807, 2.05) is 19.1 Å². The van der Waals surface area contributed by atoms with Crippen LogP contribution in [0.15, 0.2) is 23.7 Å². The van der Waals surface area contributed by atoms with E-state index in [0.29, 0.717) is 5.69 Å². The molecule has 0 radical (unpaired) electrons. The number of carboxylic acids is 1. The topological polar surface area (TPSA) is 63.1 Å². The Labute approximate surface area is 109 Å². The third-order valence-electron chi connectivity index (χ3n) is 2.89. The molecule has 1 N–H and O–H groups in total. The number of carbonyl (C=O) groups is 1. The molecule has 18 heavy (non-hydrogen) atoms. The third-order valence-corrected chi connectivity index (χ3v) is 3.74. The van der Waals surface area contributed by atoms with Crippen LogP contribution >= 0.6 is 11.3 Å². The zero-order valence-electron chi connectivity index (χ0n) is 10.5. The number of hydrogen-bond donors (Lipinski definition) is 1. The van der Waals surface area contributed by atoms with Crippen LogP contribution in [0.25, 0.3) is 10.7 Å². The van der Waals surface area contributed by atoms with Crippen molar-refractivity contribution in [3.05, 3.63) is 35.0 Å². The molecule has 0 amide bonds. The van der Waals surface area contributed by atoms with Crippen molar-refractivity contribution >= 4 is 17.3 Å². The zero-order valence-corrected chi connectivity index (χ0v) is 11.3. The molecular weight excluding hydrogens is 248 g/mol. The maximum absolute atomic E-state index is 11.2. The van der Waals surface area contributed by atoms with Crippen LogP contribution in [0.2, 0.25) is 0 Å². The fourth-order valence-corrected chi connectivity index (χ4v) is 2.54. The fourth-order valence-electron chi connectivity index (χ4n) is 1.49. The summed E-state index contributed by atoms with van der Waals surface area (Å²) in [7, 11) is 0. The number of aromatic nitrogens is 2. The number of hydrogen-bond acceptors (Lipinski definition) is 4. The molecule has 94 valence electrons. The Kier molecular flexibility index (Phi) is 3.17. The van der Waals surface area contributed by atoms with Gasteiger partial charge >= 0.3 is 5.97 Å². The summed E-state index contributed by atoms with van der Waals surface area (Å²) in [6, 6.07) is 3.83. The zero-order chi connectivity index (χ0) is 13.3. The lowest BCUT2D eigenvalue weighted by atomic mass is 9.90. The molecule has 0 fully saturated rings. The average molecular weight is 262 g/mol. The lowest BCUT2D eigenvalue weighted by Gasteiger charge is -2.15. The standard InChI is InChI=1S/C13H14N2O2S/c1-8-5-4-6-14-10(8)11-15-9(7-18-11)13(2,3)12(16)17/h4-7H,1-3H3,(H,16,17). The van der Waals surface area contributed by atoms with E-state index in [9.17, 15) is 9.90 Å². The molecule has 4 nitrogen and oxygen atoms in total. The first-order valence-electron chi connectivity index (χ1n) is 5.54. The molecule has 0 bridgehead atoms. The Morgan fingerprint density at radius 1 is 1.44 bits per heavy atom. The van der Waals surface area contributed by atoms with E-state index in [-0.39, 0.29) is 0 Å². The molecule has 0 aliphatic rings. The SMILES string of the molecule is Cc1cccnc1-c1nc(C(C)(C)C(=O)O)cs1. The molecule has 2 aromatic rings. The van der Waals surface area contributed by atoms with Crippen molar-refractivity contribution in [2.75, 3.05) is 0 Å². The van der Waals surface area contributed by atoms with Gasteiger partial charge in [-0.3, -0.25) is 9.78 Å². The Hall–Kier alpha value is -1.75. The van der Waals surface area contributed by atoms with Crippen LogP contribution in [0.4, 0.5) is 0 Å². The van der Waals surface area contributed by atoms with Gasteiger partial charge in [-0.1, -0.05) is 6.07 Å². The summed E-state index contributed by atoms with van der Waals surface area (Å²) in [6.45, 7) is 5.27. The van der Waals surface area contributed by atoms with E-state index in [0.717, 1.165) is 16.3 Å². The number of carboxylic acid groups (broad SMARTS) is 1. The first kappa shape index (κ1) is 12.7. The highest BCUT2D eigenvalue weighted by Gasteiger charge is 2.32. The molecule has 5 heteroatoms. The van der Waals surface area contributed by atoms with Crippen molar-refractivity contribution in [2.45, 2.75) is 26.2 Å². The summed E-state index contributed by atoms with van der Waals surface area (Å²) in [4.78, 5) is 19.9. The van der Waals surface area contributed by atoms with Crippen LogP contribution in [0.1, 0.15) is 25.1 Å². The number of pyridine rings is 1. The minimum absolute atomic E-state index is 0.569. The van der Waals surface area contributed by atoms with Crippen LogP contribution in [0, 0.1) is 6.92 Å². The maximum Gasteiger partial charge on any atom is 0.315 e. The van der Waals surface area contributed by atoms with Crippen molar-refractivity contribution in [3.63, 3.8) is 0 Å². The minimum Gasteiger partial charge on any atom is -0.481 e. The van der Waals surface area contributed by atoms with Crippen molar-refractivity contribution in [1.82, 2.24) is 9.97 Å². The molecule has 0 aliphatic carbocycles. The van der Waals surface area contributed by atoms with E-state index < -0.39 is 11.4 Å². The second-order valence-electron chi connectivity index (χ2n) is 4.64. The monoisotopic (exact) mass is 262 g/mol. The Balaban J connectivity index is 2.44. The van der Waals surface area contributed by atoms with Crippen molar-refractivity contribution < 1.29 is 9.90 Å². The normalized spacial score (nSPS) is 11.5. The molecule has 0 unspecified atom stereocenters. The first-order valence-corrected chi connectivity index (χ1v) is 6.42. The molecule has 2 aromatic heterocycles. The van der Waals surface area contributed by atoms with Gasteiger partial charge in [0.05, 0.1) is 5.69 Å². The third kappa shape index (κ3) is 2.13. The van der Waals surface area contributed by atoms with Gasteiger partial charge in [-0.25, -0.2) is 4.98 Å². The van der Waals surface area contributed by atoms with Crippen LogP contribution in [0.5, 0.6) is 0 Å². The average Bonchev–Trinajstić information content (AvgIpc) is 2.79. The lowest BCUT2D eigenvalue weighted by Crippen LogP contribution is -2.28. The Morgan fingerprint density at radius 2 is 2.17 bits per heavy atom.